The second kappa shape index (κ2) is 6.12. The highest BCUT2D eigenvalue weighted by atomic mass is 19.4. The largest absolute Gasteiger partial charge is 0.401 e. The summed E-state index contributed by atoms with van der Waals surface area (Å²) >= 11 is 0. The molecule has 108 valence electrons. The van der Waals surface area contributed by atoms with Gasteiger partial charge in [-0.1, -0.05) is 0 Å². The first-order chi connectivity index (χ1) is 8.22. The number of nitrogens with one attached hydrogen (secondary N) is 1. The average molecular weight is 276 g/mol. The number of aliphatic hydroxyl groups excluding tert-OH is 1. The lowest BCUT2D eigenvalue weighted by atomic mass is 10.0. The third-order valence-electron chi connectivity index (χ3n) is 2.87. The van der Waals surface area contributed by atoms with Crippen molar-refractivity contribution in [2.24, 2.45) is 0 Å². The minimum Gasteiger partial charge on any atom is -0.390 e. The lowest BCUT2D eigenvalue weighted by Crippen LogP contribution is -2.48. The Bertz CT molecular complexity index is 251. The molecule has 0 radical (unpaired) electrons. The third-order valence-corrected chi connectivity index (χ3v) is 2.87. The summed E-state index contributed by atoms with van der Waals surface area (Å²) in [5, 5.41) is 10.9. The molecule has 8 heteroatoms. The Hall–Kier alpha value is -0.470. The maximum absolute atomic E-state index is 12.7. The first kappa shape index (κ1) is 15.6. The first-order valence-electron chi connectivity index (χ1n) is 5.73. The molecular weight excluding hydrogens is 259 g/mol. The number of rotatable bonds is 5. The van der Waals surface area contributed by atoms with Crippen molar-refractivity contribution in [1.29, 1.82) is 0 Å². The minimum atomic E-state index is -4.22. The van der Waals surface area contributed by atoms with Crippen LogP contribution < -0.4 is 5.32 Å². The number of halogens is 5. The first-order valence-corrected chi connectivity index (χ1v) is 5.73. The zero-order valence-electron chi connectivity index (χ0n) is 9.81. The summed E-state index contributed by atoms with van der Waals surface area (Å²) in [5.74, 6) is -3.18. The summed E-state index contributed by atoms with van der Waals surface area (Å²) in [5.41, 5.74) is 0. The molecule has 0 aliphatic carbocycles. The maximum Gasteiger partial charge on any atom is 0.401 e. The van der Waals surface area contributed by atoms with E-state index < -0.39 is 31.8 Å². The van der Waals surface area contributed by atoms with Crippen LogP contribution in [0.25, 0.3) is 0 Å². The van der Waals surface area contributed by atoms with Crippen molar-refractivity contribution in [3.63, 3.8) is 0 Å². The monoisotopic (exact) mass is 276 g/mol. The zero-order valence-corrected chi connectivity index (χ0v) is 9.81. The summed E-state index contributed by atoms with van der Waals surface area (Å²) in [6.07, 6.45) is -3.42. The van der Waals surface area contributed by atoms with Crippen LogP contribution in [0.15, 0.2) is 0 Å². The van der Waals surface area contributed by atoms with E-state index in [0.717, 1.165) is 0 Å². The maximum atomic E-state index is 12.7. The molecule has 1 aliphatic heterocycles. The summed E-state index contributed by atoms with van der Waals surface area (Å²) in [6.45, 7) is -2.35. The molecule has 0 amide bonds. The van der Waals surface area contributed by atoms with Crippen LogP contribution >= 0.6 is 0 Å². The van der Waals surface area contributed by atoms with Crippen molar-refractivity contribution in [2.75, 3.05) is 32.8 Å². The van der Waals surface area contributed by atoms with Crippen molar-refractivity contribution >= 4 is 0 Å². The number of nitrogens with zero attached hydrogens (tertiary/aromatic N) is 1. The smallest absolute Gasteiger partial charge is 0.390 e. The average Bonchev–Trinajstić information content (AvgIpc) is 2.26. The fraction of sp³-hybridized carbons (Fsp3) is 1.00. The van der Waals surface area contributed by atoms with Gasteiger partial charge in [0.1, 0.15) is 6.61 Å². The Morgan fingerprint density at radius 2 is 1.67 bits per heavy atom. The van der Waals surface area contributed by atoms with E-state index in [1.165, 1.54) is 4.90 Å². The number of piperidine rings is 1. The molecule has 1 saturated heterocycles. The van der Waals surface area contributed by atoms with Gasteiger partial charge in [-0.2, -0.15) is 13.2 Å². The van der Waals surface area contributed by atoms with Crippen LogP contribution in [0.1, 0.15) is 12.8 Å². The van der Waals surface area contributed by atoms with Gasteiger partial charge < -0.3 is 10.4 Å². The molecule has 0 aromatic rings. The van der Waals surface area contributed by atoms with Crippen molar-refractivity contribution < 1.29 is 27.1 Å². The molecule has 1 heterocycles. The lowest BCUT2D eigenvalue weighted by Gasteiger charge is -2.33. The number of likely N-dealkylation sites (tertiary alicyclic amines) is 1. The number of aliphatic hydroxyl groups is 1. The van der Waals surface area contributed by atoms with E-state index in [1.54, 1.807) is 0 Å². The molecule has 2 N–H and O–H groups in total. The van der Waals surface area contributed by atoms with Gasteiger partial charge in [0.15, 0.2) is 0 Å². The molecule has 18 heavy (non-hydrogen) atoms. The standard InChI is InChI=1S/C10H17F5N2O/c11-9(12,7-18)5-16-8-1-3-17(4-2-8)6-10(13,14)15/h8,16,18H,1-7H2. The van der Waals surface area contributed by atoms with Gasteiger partial charge in [-0.3, -0.25) is 4.90 Å². The fourth-order valence-corrected chi connectivity index (χ4v) is 1.90. The Balaban J connectivity index is 2.23. The topological polar surface area (TPSA) is 35.5 Å². The van der Waals surface area contributed by atoms with Crippen molar-refractivity contribution in [1.82, 2.24) is 10.2 Å². The van der Waals surface area contributed by atoms with Crippen molar-refractivity contribution in [3.05, 3.63) is 0 Å². The predicted octanol–water partition coefficient (Wildman–Crippen LogP) is 1.23. The van der Waals surface area contributed by atoms with E-state index >= 15 is 0 Å². The van der Waals surface area contributed by atoms with Crippen LogP contribution in [0, 0.1) is 0 Å². The molecule has 0 aromatic heterocycles. The van der Waals surface area contributed by atoms with Crippen molar-refractivity contribution in [2.45, 2.75) is 31.0 Å². The SMILES string of the molecule is OCC(F)(F)CNC1CCN(CC(F)(F)F)CC1. The summed E-state index contributed by atoms with van der Waals surface area (Å²) < 4.78 is 61.8. The third kappa shape index (κ3) is 5.92. The van der Waals surface area contributed by atoms with Crippen LogP contribution in [0.4, 0.5) is 22.0 Å². The van der Waals surface area contributed by atoms with E-state index in [0.29, 0.717) is 12.8 Å². The van der Waals surface area contributed by atoms with Gasteiger partial charge in [0.05, 0.1) is 13.1 Å². The Morgan fingerprint density at radius 3 is 2.11 bits per heavy atom. The molecule has 0 unspecified atom stereocenters. The quantitative estimate of drug-likeness (QED) is 0.741. The molecule has 1 aliphatic rings. The molecule has 0 spiro atoms. The second-order valence-corrected chi connectivity index (χ2v) is 4.56. The minimum absolute atomic E-state index is 0.216. The zero-order chi connectivity index (χ0) is 13.8. The molecule has 1 fully saturated rings. The van der Waals surface area contributed by atoms with Crippen LogP contribution in [-0.4, -0.2) is 60.9 Å². The Labute approximate surface area is 102 Å². The Morgan fingerprint density at radius 1 is 1.11 bits per heavy atom. The molecule has 0 aromatic carbocycles. The number of hydrogen-bond donors (Lipinski definition) is 2. The highest BCUT2D eigenvalue weighted by molar-refractivity contribution is 4.80. The Kier molecular flexibility index (Phi) is 5.30. The molecule has 0 bridgehead atoms. The predicted molar refractivity (Wildman–Crippen MR) is 55.6 cm³/mol. The van der Waals surface area contributed by atoms with Crippen LogP contribution in [0.5, 0.6) is 0 Å². The van der Waals surface area contributed by atoms with Gasteiger partial charge in [-0.25, -0.2) is 8.78 Å². The van der Waals surface area contributed by atoms with E-state index in [1.807, 2.05) is 0 Å². The van der Waals surface area contributed by atoms with Gasteiger partial charge in [-0.05, 0) is 25.9 Å². The van der Waals surface area contributed by atoms with Crippen LogP contribution in [0.2, 0.25) is 0 Å². The number of alkyl halides is 5. The van der Waals surface area contributed by atoms with Gasteiger partial charge in [0, 0.05) is 6.04 Å². The fourth-order valence-electron chi connectivity index (χ4n) is 1.90. The van der Waals surface area contributed by atoms with Gasteiger partial charge in [0.2, 0.25) is 0 Å². The summed E-state index contributed by atoms with van der Waals surface area (Å²) in [6, 6.07) is -0.216. The molecule has 0 saturated carbocycles. The van der Waals surface area contributed by atoms with Crippen molar-refractivity contribution in [3.8, 4) is 0 Å². The highest BCUT2D eigenvalue weighted by Gasteiger charge is 2.33. The number of hydrogen-bond acceptors (Lipinski definition) is 3. The second-order valence-electron chi connectivity index (χ2n) is 4.56. The molecule has 0 atom stereocenters. The molecular formula is C10H17F5N2O. The van der Waals surface area contributed by atoms with E-state index in [2.05, 4.69) is 5.32 Å². The van der Waals surface area contributed by atoms with Crippen LogP contribution in [0.3, 0.4) is 0 Å². The van der Waals surface area contributed by atoms with Gasteiger partial charge in [-0.15, -0.1) is 0 Å². The van der Waals surface area contributed by atoms with Gasteiger partial charge >= 0.3 is 6.18 Å². The lowest BCUT2D eigenvalue weighted by molar-refractivity contribution is -0.148. The summed E-state index contributed by atoms with van der Waals surface area (Å²) in [7, 11) is 0. The van der Waals surface area contributed by atoms with Crippen LogP contribution in [-0.2, 0) is 0 Å². The normalized spacial score (nSPS) is 20.3. The molecule has 3 nitrogen and oxygen atoms in total. The highest BCUT2D eigenvalue weighted by Crippen LogP contribution is 2.20. The van der Waals surface area contributed by atoms with E-state index in [4.69, 9.17) is 5.11 Å². The van der Waals surface area contributed by atoms with Gasteiger partial charge in [0.25, 0.3) is 5.92 Å². The molecule has 1 rings (SSSR count). The van der Waals surface area contributed by atoms with E-state index in [9.17, 15) is 22.0 Å². The van der Waals surface area contributed by atoms with E-state index in [-0.39, 0.29) is 19.1 Å². The summed E-state index contributed by atoms with van der Waals surface area (Å²) in [4.78, 5) is 1.27.